The highest BCUT2D eigenvalue weighted by Gasteiger charge is 2.40. The van der Waals surface area contributed by atoms with Crippen molar-refractivity contribution in [1.82, 2.24) is 14.5 Å². The van der Waals surface area contributed by atoms with Crippen LogP contribution in [0.5, 0.6) is 0 Å². The van der Waals surface area contributed by atoms with E-state index in [2.05, 4.69) is 16.0 Å². The molecule has 1 unspecified atom stereocenters. The minimum atomic E-state index is -0.289. The summed E-state index contributed by atoms with van der Waals surface area (Å²) in [5, 5.41) is 16.8. The van der Waals surface area contributed by atoms with Crippen LogP contribution >= 0.6 is 11.3 Å². The van der Waals surface area contributed by atoms with Crippen molar-refractivity contribution in [3.05, 3.63) is 83.3 Å². The highest BCUT2D eigenvalue weighted by molar-refractivity contribution is 7.13. The van der Waals surface area contributed by atoms with E-state index in [1.165, 1.54) is 0 Å². The Kier molecular flexibility index (Phi) is 4.88. The normalized spacial score (nSPS) is 15.7. The van der Waals surface area contributed by atoms with Crippen molar-refractivity contribution in [2.75, 3.05) is 5.73 Å². The Morgan fingerprint density at radius 1 is 1.16 bits per heavy atom. The van der Waals surface area contributed by atoms with Crippen LogP contribution in [0.25, 0.3) is 10.6 Å². The fraction of sp³-hybridized carbons (Fsp3) is 0.125. The Morgan fingerprint density at radius 3 is 2.62 bits per heavy atom. The van der Waals surface area contributed by atoms with Crippen molar-refractivity contribution in [2.45, 2.75) is 19.8 Å². The maximum Gasteiger partial charge on any atom is 0.301 e. The number of nitrogens with zero attached hydrogens (tertiary/aromatic N) is 6. The molecule has 1 aliphatic rings. The van der Waals surface area contributed by atoms with Gasteiger partial charge in [-0.2, -0.15) is 9.83 Å². The minimum Gasteiger partial charge on any atom is -0.383 e. The Bertz CT molecular complexity index is 1410. The highest BCUT2D eigenvalue weighted by Crippen LogP contribution is 2.35. The molecule has 0 spiro atoms. The van der Waals surface area contributed by atoms with Crippen molar-refractivity contribution < 1.29 is 4.68 Å². The lowest BCUT2D eigenvalue weighted by Gasteiger charge is -2.15. The van der Waals surface area contributed by atoms with Gasteiger partial charge in [-0.3, -0.25) is 0 Å². The average molecular weight is 439 g/mol. The third kappa shape index (κ3) is 3.29. The third-order valence-corrected chi connectivity index (χ3v) is 6.29. The second-order valence-electron chi connectivity index (χ2n) is 7.55. The van der Waals surface area contributed by atoms with Gasteiger partial charge in [-0.1, -0.05) is 29.4 Å². The number of anilines is 1. The number of nitriles is 1. The van der Waals surface area contributed by atoms with Crippen LogP contribution in [0.1, 0.15) is 29.7 Å². The lowest BCUT2D eigenvalue weighted by atomic mass is 9.90. The standard InChI is InChI=1S/C24H20N7S/c1-15-13-30(14-27-15)24-22(16(2)29-31(24)17-7-4-3-5-8-17)18-11-20(21-9-6-10-32-21)28-23(26)19(18)12-25/h3-11,13-14,22H,1-2H3,(H2,26,28)/q+1. The second-order valence-corrected chi connectivity index (χ2v) is 8.50. The van der Waals surface area contributed by atoms with Gasteiger partial charge in [0.25, 0.3) is 0 Å². The number of imidazole rings is 1. The molecule has 5 rings (SSSR count). The predicted molar refractivity (Wildman–Crippen MR) is 126 cm³/mol. The number of hydrogen-bond acceptors (Lipinski definition) is 6. The van der Waals surface area contributed by atoms with E-state index in [-0.39, 0.29) is 11.7 Å². The average Bonchev–Trinajstić information content (AvgIpc) is 3.54. The summed E-state index contributed by atoms with van der Waals surface area (Å²) >= 11 is 1.58. The lowest BCUT2D eigenvalue weighted by Crippen LogP contribution is -2.27. The zero-order chi connectivity index (χ0) is 22.2. The number of benzene rings is 1. The number of rotatable bonds is 3. The fourth-order valence-corrected chi connectivity index (χ4v) is 4.68. The van der Waals surface area contributed by atoms with Crippen LogP contribution in [0.3, 0.4) is 0 Å². The van der Waals surface area contributed by atoms with Gasteiger partial charge in [0.1, 0.15) is 24.0 Å². The van der Waals surface area contributed by atoms with E-state index < -0.39 is 0 Å². The summed E-state index contributed by atoms with van der Waals surface area (Å²) in [6.07, 6.45) is 3.74. The van der Waals surface area contributed by atoms with Crippen LogP contribution in [0, 0.1) is 18.3 Å². The molecule has 2 N–H and O–H groups in total. The van der Waals surface area contributed by atoms with Crippen LogP contribution in [0.4, 0.5) is 11.5 Å². The van der Waals surface area contributed by atoms with Gasteiger partial charge < -0.3 is 5.73 Å². The van der Waals surface area contributed by atoms with E-state index in [0.29, 0.717) is 5.56 Å². The summed E-state index contributed by atoms with van der Waals surface area (Å²) in [6, 6.07) is 18.1. The first-order chi connectivity index (χ1) is 15.6. The molecule has 8 heteroatoms. The van der Waals surface area contributed by atoms with Crippen LogP contribution < -0.4 is 5.73 Å². The number of aryl methyl sites for hydroxylation is 1. The molecule has 3 aromatic heterocycles. The number of nitrogens with two attached hydrogens (primary N) is 1. The summed E-state index contributed by atoms with van der Waals surface area (Å²) in [7, 11) is 0. The predicted octanol–water partition coefficient (Wildman–Crippen LogP) is 4.53. The van der Waals surface area contributed by atoms with Gasteiger partial charge in [0.05, 0.1) is 27.5 Å². The summed E-state index contributed by atoms with van der Waals surface area (Å²) in [6.45, 7) is 3.92. The Morgan fingerprint density at radius 2 is 1.97 bits per heavy atom. The molecular formula is C24H20N7S+. The Hall–Kier alpha value is -4.09. The Labute approximate surface area is 189 Å². The molecule has 32 heavy (non-hydrogen) atoms. The summed E-state index contributed by atoms with van der Waals surface area (Å²) < 4.78 is 3.87. The molecule has 4 aromatic rings. The van der Waals surface area contributed by atoms with Gasteiger partial charge in [0.2, 0.25) is 0 Å². The molecule has 1 atom stereocenters. The molecule has 0 amide bonds. The second kappa shape index (κ2) is 7.87. The van der Waals surface area contributed by atoms with Crippen LogP contribution in [-0.2, 0) is 0 Å². The summed E-state index contributed by atoms with van der Waals surface area (Å²) in [5.74, 6) is 0.802. The fourth-order valence-electron chi connectivity index (χ4n) is 3.99. The van der Waals surface area contributed by atoms with E-state index in [1.807, 2.05) is 83.2 Å². The molecule has 0 fully saturated rings. The number of aromatic nitrogens is 3. The van der Waals surface area contributed by atoms with Crippen molar-refractivity contribution >= 4 is 34.4 Å². The maximum absolute atomic E-state index is 9.96. The quantitative estimate of drug-likeness (QED) is 0.475. The van der Waals surface area contributed by atoms with Gasteiger partial charge in [-0.25, -0.2) is 9.97 Å². The number of hydrazone groups is 1. The van der Waals surface area contributed by atoms with Crippen molar-refractivity contribution in [2.24, 2.45) is 5.10 Å². The van der Waals surface area contributed by atoms with Crippen molar-refractivity contribution in [3.63, 3.8) is 0 Å². The first-order valence-corrected chi connectivity index (χ1v) is 11.0. The molecule has 0 aliphatic carbocycles. The first kappa shape index (κ1) is 19.8. The summed E-state index contributed by atoms with van der Waals surface area (Å²) in [5.41, 5.74) is 10.8. The van der Waals surface area contributed by atoms with Crippen molar-refractivity contribution in [3.8, 4) is 16.6 Å². The van der Waals surface area contributed by atoms with Gasteiger partial charge in [-0.15, -0.1) is 16.0 Å². The van der Waals surface area contributed by atoms with E-state index in [1.54, 1.807) is 17.7 Å². The van der Waals surface area contributed by atoms with Crippen LogP contribution in [-0.4, -0.2) is 30.8 Å². The molecule has 1 aromatic carbocycles. The lowest BCUT2D eigenvalue weighted by molar-refractivity contribution is -0.444. The largest absolute Gasteiger partial charge is 0.383 e. The SMILES string of the molecule is CC1=N[N+](c2ccccc2)=C(n2cnc(C)c2)C1c1cc(-c2cccs2)nc(N)c1C#N. The van der Waals surface area contributed by atoms with Gasteiger partial charge >= 0.3 is 5.84 Å². The number of hydrogen-bond donors (Lipinski definition) is 1. The van der Waals surface area contributed by atoms with Crippen LogP contribution in [0.15, 0.2) is 71.5 Å². The number of thiophene rings is 1. The molecular weight excluding hydrogens is 418 g/mol. The molecule has 1 aliphatic heterocycles. The topological polar surface area (TPSA) is 95.9 Å². The van der Waals surface area contributed by atoms with E-state index >= 15 is 0 Å². The maximum atomic E-state index is 9.96. The molecule has 156 valence electrons. The first-order valence-electron chi connectivity index (χ1n) is 10.1. The van der Waals surface area contributed by atoms with Crippen molar-refractivity contribution in [1.29, 1.82) is 5.26 Å². The van der Waals surface area contributed by atoms with Gasteiger partial charge in [0, 0.05) is 0 Å². The highest BCUT2D eigenvalue weighted by atomic mass is 32.1. The minimum absolute atomic E-state index is 0.223. The Balaban J connectivity index is 1.78. The third-order valence-electron chi connectivity index (χ3n) is 5.40. The molecule has 0 bridgehead atoms. The monoisotopic (exact) mass is 438 g/mol. The zero-order valence-electron chi connectivity index (χ0n) is 17.6. The number of para-hydroxylation sites is 1. The van der Waals surface area contributed by atoms with E-state index in [4.69, 9.17) is 10.8 Å². The van der Waals surface area contributed by atoms with Gasteiger partial charge in [0.15, 0.2) is 12.0 Å². The number of nitrogen functional groups attached to an aromatic ring is 1. The molecule has 4 heterocycles. The van der Waals surface area contributed by atoms with E-state index in [9.17, 15) is 5.26 Å². The van der Waals surface area contributed by atoms with E-state index in [0.717, 1.165) is 39.1 Å². The summed E-state index contributed by atoms with van der Waals surface area (Å²) in [4.78, 5) is 9.93. The van der Waals surface area contributed by atoms with Gasteiger partial charge in [-0.05, 0) is 49.1 Å². The van der Waals surface area contributed by atoms with Crippen LogP contribution in [0.2, 0.25) is 0 Å². The molecule has 0 radical (unpaired) electrons. The molecule has 7 nitrogen and oxygen atoms in total. The molecule has 0 saturated heterocycles. The smallest absolute Gasteiger partial charge is 0.301 e. The zero-order valence-corrected chi connectivity index (χ0v) is 18.4. The molecule has 0 saturated carbocycles. The number of pyridine rings is 1.